The van der Waals surface area contributed by atoms with Crippen molar-refractivity contribution in [3.8, 4) is 0 Å². The Hall–Kier alpha value is -1.10. The lowest BCUT2D eigenvalue weighted by molar-refractivity contribution is -0.137. The van der Waals surface area contributed by atoms with E-state index in [1.807, 2.05) is 0 Å². The molecule has 1 unspecified atom stereocenters. The third-order valence-electron chi connectivity index (χ3n) is 2.95. The highest BCUT2D eigenvalue weighted by Gasteiger charge is 2.31. The van der Waals surface area contributed by atoms with Gasteiger partial charge in [0, 0.05) is 13.1 Å². The van der Waals surface area contributed by atoms with Gasteiger partial charge in [-0.2, -0.15) is 0 Å². The molecule has 2 amide bonds. The normalized spacial score (nSPS) is 21.6. The van der Waals surface area contributed by atoms with Crippen molar-refractivity contribution in [1.82, 2.24) is 4.90 Å². The fourth-order valence-corrected chi connectivity index (χ4v) is 2.15. The zero-order valence-corrected chi connectivity index (χ0v) is 10.0. The van der Waals surface area contributed by atoms with Crippen LogP contribution in [0.5, 0.6) is 0 Å². The molecule has 1 rings (SSSR count). The van der Waals surface area contributed by atoms with Crippen molar-refractivity contribution in [2.24, 2.45) is 16.9 Å². The molecule has 5 heteroatoms. The monoisotopic (exact) mass is 227 g/mol. The van der Waals surface area contributed by atoms with Gasteiger partial charge in [-0.05, 0) is 18.3 Å². The standard InChI is InChI=1S/C11H21N3O2/c1-11(2)4-3-5-14(7-11)10(16)8(12)6-9(13)15/h8H,3-7,12H2,1-2H3,(H2,13,15). The van der Waals surface area contributed by atoms with Crippen LogP contribution in [0.4, 0.5) is 0 Å². The summed E-state index contributed by atoms with van der Waals surface area (Å²) >= 11 is 0. The number of hydrogen-bond donors (Lipinski definition) is 2. The molecule has 0 aromatic rings. The SMILES string of the molecule is CC1(C)CCCN(C(=O)C(N)CC(N)=O)C1. The molecule has 0 aliphatic carbocycles. The number of piperidine rings is 1. The summed E-state index contributed by atoms with van der Waals surface area (Å²) in [6.07, 6.45) is 2.03. The molecule has 16 heavy (non-hydrogen) atoms. The molecule has 0 radical (unpaired) electrons. The number of carbonyl (C=O) groups excluding carboxylic acids is 2. The molecular weight excluding hydrogens is 206 g/mol. The van der Waals surface area contributed by atoms with Gasteiger partial charge in [0.05, 0.1) is 12.5 Å². The van der Waals surface area contributed by atoms with E-state index in [2.05, 4.69) is 13.8 Å². The van der Waals surface area contributed by atoms with Gasteiger partial charge in [0.2, 0.25) is 11.8 Å². The summed E-state index contributed by atoms with van der Waals surface area (Å²) in [5, 5.41) is 0. The van der Waals surface area contributed by atoms with Crippen molar-refractivity contribution >= 4 is 11.8 Å². The Labute approximate surface area is 96.1 Å². The number of nitrogens with zero attached hydrogens (tertiary/aromatic N) is 1. The highest BCUT2D eigenvalue weighted by molar-refractivity contribution is 5.87. The Morgan fingerprint density at radius 2 is 2.06 bits per heavy atom. The second kappa shape index (κ2) is 4.82. The zero-order valence-electron chi connectivity index (χ0n) is 10.0. The molecule has 0 aromatic carbocycles. The van der Waals surface area contributed by atoms with Crippen LogP contribution in [0.2, 0.25) is 0 Å². The number of carbonyl (C=O) groups is 2. The summed E-state index contributed by atoms with van der Waals surface area (Å²) in [5.74, 6) is -0.691. The number of hydrogen-bond acceptors (Lipinski definition) is 3. The minimum absolute atomic E-state index is 0.0736. The predicted molar refractivity (Wildman–Crippen MR) is 61.4 cm³/mol. The number of rotatable bonds is 3. The van der Waals surface area contributed by atoms with Crippen LogP contribution < -0.4 is 11.5 Å². The van der Waals surface area contributed by atoms with Crippen molar-refractivity contribution in [2.45, 2.75) is 39.2 Å². The van der Waals surface area contributed by atoms with Gasteiger partial charge in [0.1, 0.15) is 0 Å². The van der Waals surface area contributed by atoms with Crippen molar-refractivity contribution in [1.29, 1.82) is 0 Å². The topological polar surface area (TPSA) is 89.4 Å². The van der Waals surface area contributed by atoms with Crippen LogP contribution in [0, 0.1) is 5.41 Å². The summed E-state index contributed by atoms with van der Waals surface area (Å²) in [7, 11) is 0. The quantitative estimate of drug-likeness (QED) is 0.702. The molecule has 1 fully saturated rings. The Morgan fingerprint density at radius 1 is 1.44 bits per heavy atom. The average Bonchev–Trinajstić information content (AvgIpc) is 2.13. The Kier molecular flexibility index (Phi) is 3.91. The van der Waals surface area contributed by atoms with E-state index in [0.29, 0.717) is 6.54 Å². The third-order valence-corrected chi connectivity index (χ3v) is 2.95. The number of likely N-dealkylation sites (tertiary alicyclic amines) is 1. The third kappa shape index (κ3) is 3.48. The maximum Gasteiger partial charge on any atom is 0.240 e. The largest absolute Gasteiger partial charge is 0.370 e. The van der Waals surface area contributed by atoms with Crippen LogP contribution in [-0.2, 0) is 9.59 Å². The molecular formula is C11H21N3O2. The van der Waals surface area contributed by atoms with Crippen LogP contribution in [0.15, 0.2) is 0 Å². The first-order chi connectivity index (χ1) is 7.32. The molecule has 5 nitrogen and oxygen atoms in total. The molecule has 0 spiro atoms. The molecule has 1 heterocycles. The second-order valence-corrected chi connectivity index (χ2v) is 5.30. The van der Waals surface area contributed by atoms with E-state index in [4.69, 9.17) is 11.5 Å². The lowest BCUT2D eigenvalue weighted by atomic mass is 9.84. The van der Waals surface area contributed by atoms with E-state index >= 15 is 0 Å². The average molecular weight is 227 g/mol. The molecule has 4 N–H and O–H groups in total. The van der Waals surface area contributed by atoms with E-state index in [1.165, 1.54) is 0 Å². The number of nitrogens with two attached hydrogens (primary N) is 2. The Balaban J connectivity index is 2.56. The minimum atomic E-state index is -0.786. The molecule has 92 valence electrons. The van der Waals surface area contributed by atoms with Crippen LogP contribution in [0.25, 0.3) is 0 Å². The second-order valence-electron chi connectivity index (χ2n) is 5.30. The Bertz CT molecular complexity index is 289. The highest BCUT2D eigenvalue weighted by atomic mass is 16.2. The van der Waals surface area contributed by atoms with E-state index in [-0.39, 0.29) is 17.7 Å². The first kappa shape index (κ1) is 13.0. The van der Waals surface area contributed by atoms with E-state index in [1.54, 1.807) is 4.90 Å². The summed E-state index contributed by atoms with van der Waals surface area (Å²) in [4.78, 5) is 24.4. The van der Waals surface area contributed by atoms with Crippen molar-refractivity contribution in [2.75, 3.05) is 13.1 Å². The van der Waals surface area contributed by atoms with Crippen molar-refractivity contribution < 1.29 is 9.59 Å². The maximum atomic E-state index is 11.9. The molecule has 0 saturated carbocycles. The fourth-order valence-electron chi connectivity index (χ4n) is 2.15. The van der Waals surface area contributed by atoms with E-state index in [0.717, 1.165) is 19.4 Å². The van der Waals surface area contributed by atoms with Gasteiger partial charge in [-0.25, -0.2) is 0 Å². The molecule has 0 aromatic heterocycles. The summed E-state index contributed by atoms with van der Waals surface area (Å²) in [6.45, 7) is 5.70. The van der Waals surface area contributed by atoms with Gasteiger partial charge in [-0.15, -0.1) is 0 Å². The van der Waals surface area contributed by atoms with Crippen molar-refractivity contribution in [3.05, 3.63) is 0 Å². The highest BCUT2D eigenvalue weighted by Crippen LogP contribution is 2.28. The first-order valence-corrected chi connectivity index (χ1v) is 5.64. The number of primary amides is 1. The predicted octanol–water partition coefficient (Wildman–Crippen LogP) is -0.162. The fraction of sp³-hybridized carbons (Fsp3) is 0.818. The summed E-state index contributed by atoms with van der Waals surface area (Å²) < 4.78 is 0. The maximum absolute atomic E-state index is 11.9. The molecule has 1 saturated heterocycles. The van der Waals surface area contributed by atoms with Crippen LogP contribution in [0.1, 0.15) is 33.1 Å². The zero-order chi connectivity index (χ0) is 12.3. The Morgan fingerprint density at radius 3 is 2.56 bits per heavy atom. The molecule has 1 atom stereocenters. The van der Waals surface area contributed by atoms with Crippen LogP contribution in [-0.4, -0.2) is 35.8 Å². The van der Waals surface area contributed by atoms with Gasteiger partial charge in [-0.1, -0.05) is 13.8 Å². The van der Waals surface area contributed by atoms with E-state index < -0.39 is 11.9 Å². The van der Waals surface area contributed by atoms with Gasteiger partial charge < -0.3 is 16.4 Å². The van der Waals surface area contributed by atoms with Gasteiger partial charge in [-0.3, -0.25) is 9.59 Å². The van der Waals surface area contributed by atoms with Crippen LogP contribution >= 0.6 is 0 Å². The molecule has 0 bridgehead atoms. The summed E-state index contributed by atoms with van der Waals surface area (Å²) in [6, 6.07) is -0.786. The van der Waals surface area contributed by atoms with E-state index in [9.17, 15) is 9.59 Å². The lowest BCUT2D eigenvalue weighted by Crippen LogP contribution is -2.51. The van der Waals surface area contributed by atoms with Gasteiger partial charge in [0.25, 0.3) is 0 Å². The van der Waals surface area contributed by atoms with Gasteiger partial charge in [0.15, 0.2) is 0 Å². The smallest absolute Gasteiger partial charge is 0.240 e. The van der Waals surface area contributed by atoms with Crippen LogP contribution in [0.3, 0.4) is 0 Å². The molecule has 1 aliphatic heterocycles. The number of amides is 2. The molecule has 1 aliphatic rings. The van der Waals surface area contributed by atoms with Gasteiger partial charge >= 0.3 is 0 Å². The lowest BCUT2D eigenvalue weighted by Gasteiger charge is -2.39. The summed E-state index contributed by atoms with van der Waals surface area (Å²) in [5.41, 5.74) is 10.8. The van der Waals surface area contributed by atoms with Crippen molar-refractivity contribution in [3.63, 3.8) is 0 Å². The first-order valence-electron chi connectivity index (χ1n) is 5.64. The minimum Gasteiger partial charge on any atom is -0.370 e.